The zero-order valence-corrected chi connectivity index (χ0v) is 18.7. The summed E-state index contributed by atoms with van der Waals surface area (Å²) in [6, 6.07) is 9.76. The van der Waals surface area contributed by atoms with Crippen LogP contribution in [0.2, 0.25) is 15.1 Å². The number of carbonyl (C=O) groups excluding carboxylic acids is 1. The predicted molar refractivity (Wildman–Crippen MR) is 115 cm³/mol. The molecule has 28 heavy (non-hydrogen) atoms. The van der Waals surface area contributed by atoms with Crippen molar-refractivity contribution in [3.05, 3.63) is 61.9 Å². The Morgan fingerprint density at radius 2 is 1.82 bits per heavy atom. The van der Waals surface area contributed by atoms with Crippen LogP contribution < -0.4 is 5.32 Å². The highest BCUT2D eigenvalue weighted by Gasteiger charge is 2.23. The second kappa shape index (κ2) is 8.18. The Hall–Kier alpha value is -1.35. The lowest BCUT2D eigenvalue weighted by atomic mass is 10.2. The zero-order valence-electron chi connectivity index (χ0n) is 14.8. The first-order valence-corrected chi connectivity index (χ1v) is 11.4. The first-order chi connectivity index (χ1) is 13.1. The fourth-order valence-electron chi connectivity index (χ4n) is 2.61. The van der Waals surface area contributed by atoms with E-state index in [1.54, 1.807) is 30.3 Å². The van der Waals surface area contributed by atoms with Crippen LogP contribution >= 0.6 is 46.1 Å². The minimum absolute atomic E-state index is 0.0289. The summed E-state index contributed by atoms with van der Waals surface area (Å²) in [5.41, 5.74) is 0.475. The molecule has 2 aromatic carbocycles. The molecule has 0 unspecified atom stereocenters. The summed E-state index contributed by atoms with van der Waals surface area (Å²) >= 11 is 19.7. The van der Waals surface area contributed by atoms with Crippen LogP contribution in [-0.2, 0) is 16.6 Å². The molecule has 0 atom stereocenters. The van der Waals surface area contributed by atoms with Crippen molar-refractivity contribution in [2.75, 3.05) is 14.1 Å². The smallest absolute Gasteiger partial charge is 0.263 e. The molecule has 0 aliphatic heterocycles. The number of rotatable bonds is 5. The number of amides is 1. The standard InChI is InChI=1S/C18H15Cl3N2O3S2/c1-23(2)28(25,26)14-6-4-3-5-10(14)9-22-18(24)17-16(21)15-12(20)7-11(19)8-13(15)27-17/h3-8H,9H2,1-2H3,(H,22,24). The Kier molecular flexibility index (Phi) is 6.24. The SMILES string of the molecule is CN(C)S(=O)(=O)c1ccccc1CNC(=O)c1sc2cc(Cl)cc(Cl)c2c1Cl. The molecule has 3 rings (SSSR count). The molecule has 0 saturated carbocycles. The van der Waals surface area contributed by atoms with E-state index in [0.29, 0.717) is 25.7 Å². The lowest BCUT2D eigenvalue weighted by molar-refractivity contribution is 0.0955. The lowest BCUT2D eigenvalue weighted by Gasteiger charge is -2.15. The molecular formula is C18H15Cl3N2O3S2. The van der Waals surface area contributed by atoms with Crippen molar-refractivity contribution in [3.8, 4) is 0 Å². The molecule has 0 bridgehead atoms. The van der Waals surface area contributed by atoms with Gasteiger partial charge in [0.2, 0.25) is 10.0 Å². The average molecular weight is 478 g/mol. The van der Waals surface area contributed by atoms with Crippen molar-refractivity contribution in [2.24, 2.45) is 0 Å². The maximum absolute atomic E-state index is 12.7. The molecule has 1 aromatic heterocycles. The lowest BCUT2D eigenvalue weighted by Crippen LogP contribution is -2.26. The first-order valence-electron chi connectivity index (χ1n) is 7.98. The number of carbonyl (C=O) groups is 1. The molecule has 3 aromatic rings. The Bertz CT molecular complexity index is 1170. The van der Waals surface area contributed by atoms with E-state index in [-0.39, 0.29) is 21.3 Å². The summed E-state index contributed by atoms with van der Waals surface area (Å²) in [7, 11) is -0.723. The molecular weight excluding hydrogens is 463 g/mol. The monoisotopic (exact) mass is 476 g/mol. The number of benzene rings is 2. The number of nitrogens with zero attached hydrogens (tertiary/aromatic N) is 1. The number of fused-ring (bicyclic) bond motifs is 1. The van der Waals surface area contributed by atoms with Crippen LogP contribution in [0.4, 0.5) is 0 Å². The van der Waals surface area contributed by atoms with E-state index in [2.05, 4.69) is 5.32 Å². The number of hydrogen-bond donors (Lipinski definition) is 1. The van der Waals surface area contributed by atoms with E-state index in [4.69, 9.17) is 34.8 Å². The molecule has 0 fully saturated rings. The van der Waals surface area contributed by atoms with Gasteiger partial charge in [0.25, 0.3) is 5.91 Å². The fraction of sp³-hybridized carbons (Fsp3) is 0.167. The van der Waals surface area contributed by atoms with Crippen LogP contribution in [0, 0.1) is 0 Å². The molecule has 148 valence electrons. The van der Waals surface area contributed by atoms with Gasteiger partial charge in [-0.15, -0.1) is 11.3 Å². The van der Waals surface area contributed by atoms with Gasteiger partial charge in [-0.05, 0) is 23.8 Å². The molecule has 0 saturated heterocycles. The number of halogens is 3. The highest BCUT2D eigenvalue weighted by atomic mass is 35.5. The first kappa shape index (κ1) is 21.4. The second-order valence-corrected chi connectivity index (χ2v) is 10.5. The summed E-state index contributed by atoms with van der Waals surface area (Å²) in [6.45, 7) is 0.0289. The van der Waals surface area contributed by atoms with Crippen LogP contribution in [0.1, 0.15) is 15.2 Å². The number of hydrogen-bond acceptors (Lipinski definition) is 4. The van der Waals surface area contributed by atoms with Crippen molar-refractivity contribution >= 4 is 72.2 Å². The van der Waals surface area contributed by atoms with E-state index in [1.165, 1.54) is 31.5 Å². The van der Waals surface area contributed by atoms with Crippen LogP contribution in [0.5, 0.6) is 0 Å². The van der Waals surface area contributed by atoms with E-state index in [9.17, 15) is 13.2 Å². The van der Waals surface area contributed by atoms with Gasteiger partial charge in [0.1, 0.15) is 4.88 Å². The van der Waals surface area contributed by atoms with E-state index >= 15 is 0 Å². The minimum atomic E-state index is -3.63. The largest absolute Gasteiger partial charge is 0.347 e. The number of sulfonamides is 1. The van der Waals surface area contributed by atoms with Crippen LogP contribution in [0.3, 0.4) is 0 Å². The predicted octanol–water partition coefficient (Wildman–Crippen LogP) is 5.04. The highest BCUT2D eigenvalue weighted by Crippen LogP contribution is 2.41. The zero-order chi connectivity index (χ0) is 20.6. The van der Waals surface area contributed by atoms with Crippen LogP contribution in [0.25, 0.3) is 10.1 Å². The van der Waals surface area contributed by atoms with E-state index in [1.807, 2.05) is 0 Å². The quantitative estimate of drug-likeness (QED) is 0.560. The van der Waals surface area contributed by atoms with Crippen LogP contribution in [0.15, 0.2) is 41.3 Å². The van der Waals surface area contributed by atoms with E-state index in [0.717, 1.165) is 4.31 Å². The molecule has 1 N–H and O–H groups in total. The minimum Gasteiger partial charge on any atom is -0.347 e. The van der Waals surface area contributed by atoms with Crippen LogP contribution in [-0.4, -0.2) is 32.7 Å². The summed E-state index contributed by atoms with van der Waals surface area (Å²) in [4.78, 5) is 13.1. The molecule has 0 spiro atoms. The van der Waals surface area contributed by atoms with Gasteiger partial charge < -0.3 is 5.32 Å². The van der Waals surface area contributed by atoms with Gasteiger partial charge in [0.15, 0.2) is 0 Å². The van der Waals surface area contributed by atoms with Gasteiger partial charge in [-0.25, -0.2) is 12.7 Å². The summed E-state index contributed by atoms with van der Waals surface area (Å²) < 4.78 is 26.8. The van der Waals surface area contributed by atoms with Gasteiger partial charge in [-0.2, -0.15) is 0 Å². The summed E-state index contributed by atoms with van der Waals surface area (Å²) in [5, 5.41) is 4.36. The average Bonchev–Trinajstić information content (AvgIpc) is 2.96. The van der Waals surface area contributed by atoms with Crippen molar-refractivity contribution in [3.63, 3.8) is 0 Å². The molecule has 1 amide bonds. The summed E-state index contributed by atoms with van der Waals surface area (Å²) in [6.07, 6.45) is 0. The van der Waals surface area contributed by atoms with Crippen molar-refractivity contribution < 1.29 is 13.2 Å². The maximum Gasteiger partial charge on any atom is 0.263 e. The normalized spacial score (nSPS) is 11.9. The molecule has 1 heterocycles. The highest BCUT2D eigenvalue weighted by molar-refractivity contribution is 7.89. The third-order valence-electron chi connectivity index (χ3n) is 4.03. The molecule has 5 nitrogen and oxygen atoms in total. The third kappa shape index (κ3) is 4.01. The van der Waals surface area contributed by atoms with Crippen molar-refractivity contribution in [1.29, 1.82) is 0 Å². The van der Waals surface area contributed by atoms with Crippen molar-refractivity contribution in [2.45, 2.75) is 11.4 Å². The fourth-order valence-corrected chi connectivity index (χ4v) is 6.02. The summed E-state index contributed by atoms with van der Waals surface area (Å²) in [5.74, 6) is -0.421. The molecule has 0 aliphatic rings. The Labute approximate surface area is 181 Å². The van der Waals surface area contributed by atoms with Gasteiger partial charge in [0.05, 0.1) is 14.9 Å². The molecule has 0 radical (unpaired) electrons. The van der Waals surface area contributed by atoms with Crippen molar-refractivity contribution in [1.82, 2.24) is 9.62 Å². The number of thiophene rings is 1. The molecule has 10 heteroatoms. The van der Waals surface area contributed by atoms with Gasteiger partial charge in [0, 0.05) is 35.7 Å². The van der Waals surface area contributed by atoms with Gasteiger partial charge >= 0.3 is 0 Å². The third-order valence-corrected chi connectivity index (χ3v) is 8.08. The van der Waals surface area contributed by atoms with Gasteiger partial charge in [-0.3, -0.25) is 4.79 Å². The number of nitrogens with one attached hydrogen (secondary N) is 1. The Morgan fingerprint density at radius 1 is 1.14 bits per heavy atom. The Morgan fingerprint density at radius 3 is 2.50 bits per heavy atom. The second-order valence-electron chi connectivity index (χ2n) is 6.08. The topological polar surface area (TPSA) is 66.5 Å². The van der Waals surface area contributed by atoms with Gasteiger partial charge in [-0.1, -0.05) is 53.0 Å². The maximum atomic E-state index is 12.7. The van der Waals surface area contributed by atoms with E-state index < -0.39 is 15.9 Å². The Balaban J connectivity index is 1.90. The molecule has 0 aliphatic carbocycles.